The molecule has 1 saturated heterocycles. The van der Waals surface area contributed by atoms with E-state index in [1.54, 1.807) is 0 Å². The molecule has 0 spiro atoms. The predicted octanol–water partition coefficient (Wildman–Crippen LogP) is 2.67. The van der Waals surface area contributed by atoms with Gasteiger partial charge in [0, 0.05) is 38.3 Å². The first-order valence-electron chi connectivity index (χ1n) is 5.75. The van der Waals surface area contributed by atoms with Gasteiger partial charge in [-0.25, -0.2) is 4.39 Å². The van der Waals surface area contributed by atoms with Gasteiger partial charge in [0.15, 0.2) is 0 Å². The van der Waals surface area contributed by atoms with Crippen molar-refractivity contribution in [2.24, 2.45) is 0 Å². The standard InChI is InChI=1S/C12H14F4N2.ClH/c13-11-2-1-10(12(14,15)16)7-9(11)8-18-5-3-17-4-6-18;/h1-2,7,17H,3-6,8H2;1H. The zero-order valence-corrected chi connectivity index (χ0v) is 11.0. The van der Waals surface area contributed by atoms with Gasteiger partial charge in [0.05, 0.1) is 5.56 Å². The van der Waals surface area contributed by atoms with Crippen molar-refractivity contribution in [3.8, 4) is 0 Å². The van der Waals surface area contributed by atoms with E-state index in [9.17, 15) is 17.6 Å². The molecular formula is C12H15ClF4N2. The van der Waals surface area contributed by atoms with Crippen molar-refractivity contribution in [2.75, 3.05) is 26.2 Å². The lowest BCUT2D eigenvalue weighted by Crippen LogP contribution is -2.43. The summed E-state index contributed by atoms with van der Waals surface area (Å²) in [5.74, 6) is -0.582. The van der Waals surface area contributed by atoms with Crippen LogP contribution in [0.5, 0.6) is 0 Å². The van der Waals surface area contributed by atoms with E-state index < -0.39 is 17.6 Å². The Bertz CT molecular complexity index is 417. The molecular weight excluding hydrogens is 284 g/mol. The predicted molar refractivity (Wildman–Crippen MR) is 66.8 cm³/mol. The molecule has 2 nitrogen and oxygen atoms in total. The van der Waals surface area contributed by atoms with E-state index in [-0.39, 0.29) is 24.5 Å². The Morgan fingerprint density at radius 3 is 2.37 bits per heavy atom. The summed E-state index contributed by atoms with van der Waals surface area (Å²) in [7, 11) is 0. The number of nitrogens with one attached hydrogen (secondary N) is 1. The summed E-state index contributed by atoms with van der Waals surface area (Å²) in [4.78, 5) is 1.94. The fourth-order valence-electron chi connectivity index (χ4n) is 1.98. The number of rotatable bonds is 2. The van der Waals surface area contributed by atoms with Crippen LogP contribution >= 0.6 is 12.4 Å². The molecule has 0 aromatic heterocycles. The molecule has 1 aromatic rings. The fraction of sp³-hybridized carbons (Fsp3) is 0.500. The van der Waals surface area contributed by atoms with Gasteiger partial charge in [-0.2, -0.15) is 13.2 Å². The Hall–Kier alpha value is -0.850. The maximum absolute atomic E-state index is 13.5. The third-order valence-electron chi connectivity index (χ3n) is 2.98. The molecule has 0 saturated carbocycles. The average molecular weight is 299 g/mol. The summed E-state index contributed by atoms with van der Waals surface area (Å²) in [5.41, 5.74) is -0.694. The average Bonchev–Trinajstić information content (AvgIpc) is 2.32. The Morgan fingerprint density at radius 1 is 1.16 bits per heavy atom. The van der Waals surface area contributed by atoms with Crippen LogP contribution in [0.2, 0.25) is 0 Å². The smallest absolute Gasteiger partial charge is 0.314 e. The molecule has 1 heterocycles. The highest BCUT2D eigenvalue weighted by Crippen LogP contribution is 2.30. The Morgan fingerprint density at radius 2 is 1.79 bits per heavy atom. The number of hydrogen-bond donors (Lipinski definition) is 1. The quantitative estimate of drug-likeness (QED) is 0.845. The van der Waals surface area contributed by atoms with Crippen LogP contribution in [0.1, 0.15) is 11.1 Å². The highest BCUT2D eigenvalue weighted by atomic mass is 35.5. The normalized spacial score (nSPS) is 17.1. The van der Waals surface area contributed by atoms with Crippen molar-refractivity contribution in [1.29, 1.82) is 0 Å². The summed E-state index contributed by atoms with van der Waals surface area (Å²) in [6.45, 7) is 3.21. The van der Waals surface area contributed by atoms with Gasteiger partial charge in [-0.05, 0) is 18.2 Å². The minimum Gasteiger partial charge on any atom is -0.314 e. The Balaban J connectivity index is 0.00000180. The van der Waals surface area contributed by atoms with Gasteiger partial charge in [-0.1, -0.05) is 0 Å². The van der Waals surface area contributed by atoms with Crippen LogP contribution < -0.4 is 5.32 Å². The second-order valence-electron chi connectivity index (χ2n) is 4.33. The SMILES string of the molecule is Cl.Fc1ccc(C(F)(F)F)cc1CN1CCNCC1. The molecule has 0 atom stereocenters. The first-order chi connectivity index (χ1) is 8.47. The number of halogens is 5. The molecule has 1 N–H and O–H groups in total. The molecule has 0 bridgehead atoms. The van der Waals surface area contributed by atoms with E-state index in [1.165, 1.54) is 0 Å². The molecule has 1 aliphatic rings. The van der Waals surface area contributed by atoms with E-state index in [0.29, 0.717) is 0 Å². The van der Waals surface area contributed by atoms with Crippen LogP contribution in [0.15, 0.2) is 18.2 Å². The molecule has 1 aliphatic heterocycles. The summed E-state index contributed by atoms with van der Waals surface area (Å²) < 4.78 is 51.1. The highest BCUT2D eigenvalue weighted by Gasteiger charge is 2.31. The molecule has 108 valence electrons. The van der Waals surface area contributed by atoms with Crippen molar-refractivity contribution < 1.29 is 17.6 Å². The fourth-order valence-corrected chi connectivity index (χ4v) is 1.98. The third-order valence-corrected chi connectivity index (χ3v) is 2.98. The van der Waals surface area contributed by atoms with Gasteiger partial charge in [0.1, 0.15) is 5.82 Å². The molecule has 7 heteroatoms. The summed E-state index contributed by atoms with van der Waals surface area (Å²) in [6.07, 6.45) is -4.42. The number of alkyl halides is 3. The van der Waals surface area contributed by atoms with Gasteiger partial charge in [0.2, 0.25) is 0 Å². The molecule has 0 radical (unpaired) electrons. The van der Waals surface area contributed by atoms with E-state index in [4.69, 9.17) is 0 Å². The monoisotopic (exact) mass is 298 g/mol. The van der Waals surface area contributed by atoms with Gasteiger partial charge in [-0.3, -0.25) is 4.90 Å². The maximum Gasteiger partial charge on any atom is 0.416 e. The molecule has 1 aromatic carbocycles. The Labute approximate surface area is 115 Å². The van der Waals surface area contributed by atoms with Crippen molar-refractivity contribution in [2.45, 2.75) is 12.7 Å². The van der Waals surface area contributed by atoms with E-state index >= 15 is 0 Å². The van der Waals surface area contributed by atoms with Crippen molar-refractivity contribution in [3.63, 3.8) is 0 Å². The van der Waals surface area contributed by atoms with E-state index in [1.807, 2.05) is 4.90 Å². The topological polar surface area (TPSA) is 15.3 Å². The second kappa shape index (κ2) is 6.54. The molecule has 1 fully saturated rings. The number of nitrogens with zero attached hydrogens (tertiary/aromatic N) is 1. The lowest BCUT2D eigenvalue weighted by atomic mass is 10.1. The number of benzene rings is 1. The molecule has 0 amide bonds. The highest BCUT2D eigenvalue weighted by molar-refractivity contribution is 5.85. The van der Waals surface area contributed by atoms with E-state index in [2.05, 4.69) is 5.32 Å². The lowest BCUT2D eigenvalue weighted by molar-refractivity contribution is -0.137. The molecule has 0 unspecified atom stereocenters. The zero-order chi connectivity index (χ0) is 13.2. The summed E-state index contributed by atoms with van der Waals surface area (Å²) >= 11 is 0. The van der Waals surface area contributed by atoms with Gasteiger partial charge in [0.25, 0.3) is 0 Å². The molecule has 2 rings (SSSR count). The maximum atomic E-state index is 13.5. The minimum atomic E-state index is -4.42. The van der Waals surface area contributed by atoms with Crippen LogP contribution in [-0.2, 0) is 12.7 Å². The Kier molecular flexibility index (Phi) is 5.58. The van der Waals surface area contributed by atoms with Crippen LogP contribution in [-0.4, -0.2) is 31.1 Å². The van der Waals surface area contributed by atoms with Crippen LogP contribution in [0.3, 0.4) is 0 Å². The lowest BCUT2D eigenvalue weighted by Gasteiger charge is -2.27. The minimum absolute atomic E-state index is 0. The number of piperazine rings is 1. The molecule has 19 heavy (non-hydrogen) atoms. The summed E-state index contributed by atoms with van der Waals surface area (Å²) in [6, 6.07) is 2.56. The van der Waals surface area contributed by atoms with E-state index in [0.717, 1.165) is 44.4 Å². The van der Waals surface area contributed by atoms with Crippen LogP contribution in [0.4, 0.5) is 17.6 Å². The first kappa shape index (κ1) is 16.2. The first-order valence-corrected chi connectivity index (χ1v) is 5.75. The van der Waals surface area contributed by atoms with Crippen molar-refractivity contribution >= 4 is 12.4 Å². The zero-order valence-electron chi connectivity index (χ0n) is 10.1. The molecule has 0 aliphatic carbocycles. The van der Waals surface area contributed by atoms with Gasteiger partial charge in [-0.15, -0.1) is 12.4 Å². The summed E-state index contributed by atoms with van der Waals surface area (Å²) in [5, 5.41) is 3.14. The van der Waals surface area contributed by atoms with Crippen molar-refractivity contribution in [3.05, 3.63) is 35.1 Å². The largest absolute Gasteiger partial charge is 0.416 e. The second-order valence-corrected chi connectivity index (χ2v) is 4.33. The third kappa shape index (κ3) is 4.33. The number of hydrogen-bond acceptors (Lipinski definition) is 2. The van der Waals surface area contributed by atoms with Gasteiger partial charge < -0.3 is 5.32 Å². The van der Waals surface area contributed by atoms with Crippen LogP contribution in [0, 0.1) is 5.82 Å². The van der Waals surface area contributed by atoms with Crippen molar-refractivity contribution in [1.82, 2.24) is 10.2 Å². The van der Waals surface area contributed by atoms with Gasteiger partial charge >= 0.3 is 6.18 Å². The van der Waals surface area contributed by atoms with Crippen LogP contribution in [0.25, 0.3) is 0 Å².